The zero-order valence-electron chi connectivity index (χ0n) is 22.1. The minimum atomic E-state index is -3.96. The van der Waals surface area contributed by atoms with Crippen LogP contribution in [0.3, 0.4) is 0 Å². The van der Waals surface area contributed by atoms with Crippen molar-refractivity contribution in [3.05, 3.63) is 90.0 Å². The fraction of sp³-hybridized carbons (Fsp3) is 0.276. The summed E-state index contributed by atoms with van der Waals surface area (Å²) in [5.74, 6) is -0.591. The lowest BCUT2D eigenvalue weighted by atomic mass is 10.0. The average Bonchev–Trinajstić information content (AvgIpc) is 2.92. The smallest absolute Gasteiger partial charge is 0.244 e. The minimum Gasteiger partial charge on any atom is -0.504 e. The normalized spacial score (nSPS) is 13.5. The van der Waals surface area contributed by atoms with Crippen molar-refractivity contribution in [1.29, 1.82) is 0 Å². The van der Waals surface area contributed by atoms with E-state index >= 15 is 0 Å². The summed E-state index contributed by atoms with van der Waals surface area (Å²) in [4.78, 5) is 12.9. The van der Waals surface area contributed by atoms with Crippen LogP contribution in [0.25, 0.3) is 6.08 Å². The highest BCUT2D eigenvalue weighted by molar-refractivity contribution is 7.89. The molecule has 0 heterocycles. The fourth-order valence-electron chi connectivity index (χ4n) is 3.98. The van der Waals surface area contributed by atoms with E-state index in [9.17, 15) is 28.5 Å². The van der Waals surface area contributed by atoms with Crippen molar-refractivity contribution in [3.8, 4) is 17.2 Å². The molecule has 3 rings (SSSR count). The van der Waals surface area contributed by atoms with Crippen LogP contribution < -0.4 is 10.1 Å². The lowest BCUT2D eigenvalue weighted by molar-refractivity contribution is -0.118. The van der Waals surface area contributed by atoms with Crippen LogP contribution in [0.2, 0.25) is 0 Å². The molecule has 3 aromatic rings. The van der Waals surface area contributed by atoms with E-state index in [-0.39, 0.29) is 29.4 Å². The number of methoxy groups -OCH3 is 1. The van der Waals surface area contributed by atoms with Crippen molar-refractivity contribution < 1.29 is 33.3 Å². The van der Waals surface area contributed by atoms with Crippen molar-refractivity contribution in [2.24, 2.45) is 0 Å². The van der Waals surface area contributed by atoms with Gasteiger partial charge in [-0.3, -0.25) is 4.79 Å². The number of hydrogen-bond acceptors (Lipinski definition) is 7. The molecule has 0 saturated carbocycles. The first-order valence-corrected chi connectivity index (χ1v) is 13.8. The number of aliphatic hydroxyl groups excluding tert-OH is 1. The Morgan fingerprint density at radius 3 is 2.26 bits per heavy atom. The van der Waals surface area contributed by atoms with Crippen LogP contribution in [0, 0.1) is 0 Å². The Balaban J connectivity index is 1.82. The quantitative estimate of drug-likeness (QED) is 0.199. The predicted molar refractivity (Wildman–Crippen MR) is 149 cm³/mol. The van der Waals surface area contributed by atoms with Gasteiger partial charge in [0.2, 0.25) is 15.9 Å². The largest absolute Gasteiger partial charge is 0.504 e. The molecule has 208 valence electrons. The van der Waals surface area contributed by atoms with Crippen molar-refractivity contribution in [2.45, 2.75) is 43.4 Å². The highest BCUT2D eigenvalue weighted by Gasteiger charge is 2.32. The monoisotopic (exact) mass is 554 g/mol. The van der Waals surface area contributed by atoms with E-state index in [0.29, 0.717) is 11.3 Å². The molecule has 2 atom stereocenters. The third-order valence-corrected chi connectivity index (χ3v) is 8.18. The van der Waals surface area contributed by atoms with Crippen molar-refractivity contribution in [1.82, 2.24) is 9.62 Å². The number of carbonyl (C=O) groups excluding carboxylic acids is 1. The number of phenolic OH excluding ortho intramolecular Hbond substituents is 2. The highest BCUT2D eigenvalue weighted by Crippen LogP contribution is 2.25. The van der Waals surface area contributed by atoms with Gasteiger partial charge in [-0.2, -0.15) is 4.31 Å². The number of amides is 1. The Kier molecular flexibility index (Phi) is 10.1. The topological polar surface area (TPSA) is 136 Å². The number of benzene rings is 3. The third-order valence-electron chi connectivity index (χ3n) is 6.13. The molecule has 39 heavy (non-hydrogen) atoms. The van der Waals surface area contributed by atoms with Crippen LogP contribution in [-0.2, 0) is 21.2 Å². The van der Waals surface area contributed by atoms with Gasteiger partial charge < -0.3 is 25.4 Å². The van der Waals surface area contributed by atoms with E-state index in [0.717, 1.165) is 5.56 Å². The molecule has 0 fully saturated rings. The van der Waals surface area contributed by atoms with Gasteiger partial charge in [0.05, 0.1) is 24.2 Å². The Labute approximate surface area is 229 Å². The van der Waals surface area contributed by atoms with Crippen molar-refractivity contribution in [3.63, 3.8) is 0 Å². The molecule has 0 unspecified atom stereocenters. The average molecular weight is 555 g/mol. The Bertz CT molecular complexity index is 1370. The lowest BCUT2D eigenvalue weighted by Crippen LogP contribution is -2.51. The number of rotatable bonds is 12. The molecule has 0 aromatic heterocycles. The van der Waals surface area contributed by atoms with Gasteiger partial charge in [-0.15, -0.1) is 0 Å². The molecule has 10 heteroatoms. The summed E-state index contributed by atoms with van der Waals surface area (Å²) in [5, 5.41) is 33.2. The molecular weight excluding hydrogens is 520 g/mol. The maximum absolute atomic E-state index is 13.5. The van der Waals surface area contributed by atoms with Gasteiger partial charge in [0.1, 0.15) is 5.75 Å². The second kappa shape index (κ2) is 13.3. The molecule has 4 N–H and O–H groups in total. The summed E-state index contributed by atoms with van der Waals surface area (Å²) >= 11 is 0. The summed E-state index contributed by atoms with van der Waals surface area (Å²) < 4.78 is 33.2. The Hall–Kier alpha value is -3.86. The highest BCUT2D eigenvalue weighted by atomic mass is 32.2. The zero-order valence-corrected chi connectivity index (χ0v) is 22.9. The molecule has 1 amide bonds. The summed E-state index contributed by atoms with van der Waals surface area (Å²) in [6.45, 7) is 3.18. The number of phenols is 2. The summed E-state index contributed by atoms with van der Waals surface area (Å²) in [7, 11) is -2.47. The first kappa shape index (κ1) is 29.7. The first-order chi connectivity index (χ1) is 18.5. The van der Waals surface area contributed by atoms with Crippen LogP contribution in [-0.4, -0.2) is 65.8 Å². The third kappa shape index (κ3) is 8.06. The second-order valence-corrected chi connectivity index (χ2v) is 11.2. The van der Waals surface area contributed by atoms with Crippen molar-refractivity contribution in [2.75, 3.05) is 13.7 Å². The van der Waals surface area contributed by atoms with Crippen LogP contribution in [0.15, 0.2) is 83.8 Å². The maximum atomic E-state index is 13.5. The number of hydrogen-bond donors (Lipinski definition) is 4. The van der Waals surface area contributed by atoms with Gasteiger partial charge in [-0.1, -0.05) is 36.4 Å². The van der Waals surface area contributed by atoms with Gasteiger partial charge in [0.15, 0.2) is 11.5 Å². The number of carbonyl (C=O) groups is 1. The number of aliphatic hydroxyl groups is 1. The predicted octanol–water partition coefficient (Wildman–Crippen LogP) is 3.31. The van der Waals surface area contributed by atoms with Gasteiger partial charge in [-0.05, 0) is 73.9 Å². The van der Waals surface area contributed by atoms with Gasteiger partial charge in [0.25, 0.3) is 0 Å². The van der Waals surface area contributed by atoms with Gasteiger partial charge in [-0.25, -0.2) is 8.42 Å². The summed E-state index contributed by atoms with van der Waals surface area (Å²) in [6.07, 6.45) is 1.71. The molecule has 3 aromatic carbocycles. The summed E-state index contributed by atoms with van der Waals surface area (Å²) in [5.41, 5.74) is 1.33. The minimum absolute atomic E-state index is 0.0629. The van der Waals surface area contributed by atoms with E-state index in [2.05, 4.69) is 5.32 Å². The molecule has 0 aliphatic rings. The van der Waals surface area contributed by atoms with E-state index in [4.69, 9.17) is 4.74 Å². The molecule has 0 bridgehead atoms. The van der Waals surface area contributed by atoms with Crippen LogP contribution in [0.4, 0.5) is 0 Å². The summed E-state index contributed by atoms with van der Waals surface area (Å²) in [6, 6.07) is 18.1. The Morgan fingerprint density at radius 2 is 1.67 bits per heavy atom. The number of ether oxygens (including phenoxy) is 1. The maximum Gasteiger partial charge on any atom is 0.244 e. The van der Waals surface area contributed by atoms with E-state index < -0.39 is 34.1 Å². The van der Waals surface area contributed by atoms with Crippen LogP contribution in [0.1, 0.15) is 25.0 Å². The molecule has 0 aliphatic heterocycles. The molecular formula is C29H34N2O7S. The number of aromatic hydroxyl groups is 2. The molecule has 0 aliphatic carbocycles. The lowest BCUT2D eigenvalue weighted by Gasteiger charge is -2.31. The molecule has 9 nitrogen and oxygen atoms in total. The van der Waals surface area contributed by atoms with E-state index in [1.54, 1.807) is 26.0 Å². The second-order valence-electron chi connectivity index (χ2n) is 9.30. The Morgan fingerprint density at radius 1 is 1.00 bits per heavy atom. The van der Waals surface area contributed by atoms with Gasteiger partial charge >= 0.3 is 0 Å². The standard InChI is InChI=1S/C29H34N2O7S/c1-20(2)31(39(36,37)24-13-11-23(38-3)12-14-24)19-28(34)25(17-21-7-5-4-6-8-21)30-29(35)16-10-22-9-15-26(32)27(33)18-22/h4-16,18,20,25,28,32-34H,17,19H2,1-3H3,(H,30,35)/b16-10+/t25-,28+/m0/s1. The van der Waals surface area contributed by atoms with E-state index in [1.165, 1.54) is 53.9 Å². The molecule has 0 spiro atoms. The van der Waals surface area contributed by atoms with Crippen LogP contribution >= 0.6 is 0 Å². The molecule has 0 saturated heterocycles. The van der Waals surface area contributed by atoms with Gasteiger partial charge in [0, 0.05) is 18.7 Å². The molecule has 0 radical (unpaired) electrons. The first-order valence-electron chi connectivity index (χ1n) is 12.4. The fourth-order valence-corrected chi connectivity index (χ4v) is 5.63. The van der Waals surface area contributed by atoms with Crippen LogP contribution in [0.5, 0.6) is 17.2 Å². The zero-order chi connectivity index (χ0) is 28.6. The number of nitrogens with zero attached hydrogens (tertiary/aromatic N) is 1. The van der Waals surface area contributed by atoms with Crippen molar-refractivity contribution >= 4 is 22.0 Å². The number of sulfonamides is 1. The van der Waals surface area contributed by atoms with E-state index in [1.807, 2.05) is 30.3 Å². The SMILES string of the molecule is COc1ccc(S(=O)(=O)N(C[C@@H](O)[C@H](Cc2ccccc2)NC(=O)/C=C/c2ccc(O)c(O)c2)C(C)C)cc1. The number of nitrogens with one attached hydrogen (secondary N) is 1.